The van der Waals surface area contributed by atoms with Crippen LogP contribution in [0, 0.1) is 17.0 Å². The number of hydrogen-bond acceptors (Lipinski definition) is 6. The van der Waals surface area contributed by atoms with Gasteiger partial charge in [0.15, 0.2) is 0 Å². The highest BCUT2D eigenvalue weighted by molar-refractivity contribution is 7.10. The van der Waals surface area contributed by atoms with Gasteiger partial charge in [0.1, 0.15) is 0 Å². The second-order valence-corrected chi connectivity index (χ2v) is 6.89. The fourth-order valence-corrected chi connectivity index (χ4v) is 3.29. The van der Waals surface area contributed by atoms with Crippen molar-refractivity contribution in [3.63, 3.8) is 0 Å². The summed E-state index contributed by atoms with van der Waals surface area (Å²) in [5.74, 6) is -1.57. The van der Waals surface area contributed by atoms with E-state index in [0.29, 0.717) is 17.8 Å². The lowest BCUT2D eigenvalue weighted by Crippen LogP contribution is -2.40. The molecule has 9 heteroatoms. The molecule has 0 saturated heterocycles. The molecule has 1 aromatic carbocycles. The topological polar surface area (TPSA) is 105 Å². The molecule has 1 atom stereocenters. The van der Waals surface area contributed by atoms with Gasteiger partial charge in [0, 0.05) is 29.2 Å². The van der Waals surface area contributed by atoms with Crippen molar-refractivity contribution in [2.24, 2.45) is 0 Å². The zero-order valence-corrected chi connectivity index (χ0v) is 15.5. The number of nitro groups is 1. The first-order valence-corrected chi connectivity index (χ1v) is 8.71. The number of benzene rings is 1. The van der Waals surface area contributed by atoms with Gasteiger partial charge in [-0.25, -0.2) is 0 Å². The number of rotatable bonds is 6. The molecule has 0 aliphatic carbocycles. The molecule has 0 saturated carbocycles. The van der Waals surface area contributed by atoms with Gasteiger partial charge < -0.3 is 15.5 Å². The van der Waals surface area contributed by atoms with E-state index in [1.54, 1.807) is 18.3 Å². The molecule has 0 radical (unpaired) electrons. The first kappa shape index (κ1) is 19.5. The zero-order valence-electron chi connectivity index (χ0n) is 14.7. The number of carbonyl (C=O) groups is 2. The maximum absolute atomic E-state index is 12.1. The number of anilines is 1. The fraction of sp³-hybridized carbons (Fsp3) is 0.294. The lowest BCUT2D eigenvalue weighted by molar-refractivity contribution is -0.384. The Balaban J connectivity index is 1.97. The van der Waals surface area contributed by atoms with Gasteiger partial charge in [0.25, 0.3) is 5.69 Å². The summed E-state index contributed by atoms with van der Waals surface area (Å²) in [6.45, 7) is 1.92. The van der Waals surface area contributed by atoms with Crippen LogP contribution in [0.25, 0.3) is 0 Å². The summed E-state index contributed by atoms with van der Waals surface area (Å²) in [5.41, 5.74) is 0.790. The van der Waals surface area contributed by atoms with Crippen molar-refractivity contribution in [1.82, 2.24) is 10.2 Å². The molecule has 1 aromatic heterocycles. The van der Waals surface area contributed by atoms with E-state index in [0.717, 1.165) is 4.88 Å². The molecule has 0 bridgehead atoms. The summed E-state index contributed by atoms with van der Waals surface area (Å²) in [4.78, 5) is 37.4. The number of nitro benzene ring substituents is 1. The van der Waals surface area contributed by atoms with Gasteiger partial charge in [-0.3, -0.25) is 19.7 Å². The maximum Gasteiger partial charge on any atom is 0.313 e. The molecule has 2 aromatic rings. The number of carbonyl (C=O) groups excluding carboxylic acids is 2. The predicted octanol–water partition coefficient (Wildman–Crippen LogP) is 2.32. The summed E-state index contributed by atoms with van der Waals surface area (Å²) >= 11 is 1.58. The third kappa shape index (κ3) is 4.87. The Kier molecular flexibility index (Phi) is 6.42. The van der Waals surface area contributed by atoms with Crippen LogP contribution in [0.5, 0.6) is 0 Å². The largest absolute Gasteiger partial charge is 0.346 e. The van der Waals surface area contributed by atoms with E-state index < -0.39 is 16.7 Å². The van der Waals surface area contributed by atoms with E-state index in [1.807, 2.05) is 36.5 Å². The standard InChI is InChI=1S/C17H20N4O4S/c1-11-9-12(21(24)25)6-7-13(11)19-17(23)16(22)18-10-14(20(2)3)15-5-4-8-26-15/h4-9,14H,10H2,1-3H3,(H,18,22)(H,19,23). The SMILES string of the molecule is Cc1cc([N+](=O)[O-])ccc1NC(=O)C(=O)NCC(c1cccs1)N(C)C. The quantitative estimate of drug-likeness (QED) is 0.457. The lowest BCUT2D eigenvalue weighted by atomic mass is 10.2. The molecule has 8 nitrogen and oxygen atoms in total. The van der Waals surface area contributed by atoms with Crippen LogP contribution >= 0.6 is 11.3 Å². The number of aryl methyl sites for hydroxylation is 1. The van der Waals surface area contributed by atoms with Gasteiger partial charge >= 0.3 is 11.8 Å². The first-order valence-electron chi connectivity index (χ1n) is 7.83. The molecule has 2 rings (SSSR count). The van der Waals surface area contributed by atoms with Crippen LogP contribution < -0.4 is 10.6 Å². The van der Waals surface area contributed by atoms with Crippen molar-refractivity contribution < 1.29 is 14.5 Å². The molecule has 0 aliphatic heterocycles. The average molecular weight is 376 g/mol. The van der Waals surface area contributed by atoms with E-state index in [4.69, 9.17) is 0 Å². The highest BCUT2D eigenvalue weighted by Crippen LogP contribution is 2.23. The fourth-order valence-electron chi connectivity index (χ4n) is 2.37. The van der Waals surface area contributed by atoms with Gasteiger partial charge in [-0.15, -0.1) is 11.3 Å². The van der Waals surface area contributed by atoms with E-state index in [2.05, 4.69) is 10.6 Å². The molecule has 0 aliphatic rings. The minimum absolute atomic E-state index is 0.0344. The van der Waals surface area contributed by atoms with Crippen LogP contribution in [0.1, 0.15) is 16.5 Å². The molecule has 1 unspecified atom stereocenters. The minimum atomic E-state index is -0.814. The van der Waals surface area contributed by atoms with Gasteiger partial charge in [-0.1, -0.05) is 6.07 Å². The van der Waals surface area contributed by atoms with Crippen molar-refractivity contribution >= 4 is 34.5 Å². The van der Waals surface area contributed by atoms with Crippen molar-refractivity contribution in [3.05, 3.63) is 56.3 Å². The Bertz CT molecular complexity index is 805. The van der Waals surface area contributed by atoms with Crippen molar-refractivity contribution in [2.45, 2.75) is 13.0 Å². The van der Waals surface area contributed by atoms with Crippen LogP contribution in [0.15, 0.2) is 35.7 Å². The smallest absolute Gasteiger partial charge is 0.313 e. The first-order chi connectivity index (χ1) is 12.3. The second-order valence-electron chi connectivity index (χ2n) is 5.92. The van der Waals surface area contributed by atoms with E-state index in [1.165, 1.54) is 18.2 Å². The number of thiophene rings is 1. The molecule has 1 heterocycles. The monoisotopic (exact) mass is 376 g/mol. The highest BCUT2D eigenvalue weighted by atomic mass is 32.1. The molecular formula is C17H20N4O4S. The van der Waals surface area contributed by atoms with Crippen LogP contribution in [0.2, 0.25) is 0 Å². The zero-order chi connectivity index (χ0) is 19.3. The molecular weight excluding hydrogens is 356 g/mol. The Hall–Kier alpha value is -2.78. The number of nitrogens with one attached hydrogen (secondary N) is 2. The number of likely N-dealkylation sites (N-methyl/N-ethyl adjacent to an activating group) is 1. The number of nitrogens with zero attached hydrogens (tertiary/aromatic N) is 2. The number of hydrogen-bond donors (Lipinski definition) is 2. The van der Waals surface area contributed by atoms with E-state index >= 15 is 0 Å². The second kappa shape index (κ2) is 8.54. The third-order valence-electron chi connectivity index (χ3n) is 3.83. The van der Waals surface area contributed by atoms with Gasteiger partial charge in [-0.2, -0.15) is 0 Å². The number of amides is 2. The van der Waals surface area contributed by atoms with Crippen LogP contribution in [0.3, 0.4) is 0 Å². The maximum atomic E-state index is 12.1. The normalized spacial score (nSPS) is 11.8. The van der Waals surface area contributed by atoms with E-state index in [9.17, 15) is 19.7 Å². The van der Waals surface area contributed by atoms with Crippen LogP contribution in [-0.2, 0) is 9.59 Å². The molecule has 26 heavy (non-hydrogen) atoms. The van der Waals surface area contributed by atoms with Crippen molar-refractivity contribution in [2.75, 3.05) is 26.0 Å². The summed E-state index contributed by atoms with van der Waals surface area (Å²) in [7, 11) is 3.80. The van der Waals surface area contributed by atoms with Crippen molar-refractivity contribution in [3.8, 4) is 0 Å². The summed E-state index contributed by atoms with van der Waals surface area (Å²) in [5, 5.41) is 17.8. The predicted molar refractivity (Wildman–Crippen MR) is 100 cm³/mol. The van der Waals surface area contributed by atoms with Gasteiger partial charge in [0.05, 0.1) is 11.0 Å². The Morgan fingerprint density at radius 3 is 2.54 bits per heavy atom. The summed E-state index contributed by atoms with van der Waals surface area (Å²) < 4.78 is 0. The number of non-ortho nitro benzene ring substituents is 1. The average Bonchev–Trinajstić information content (AvgIpc) is 3.10. The van der Waals surface area contributed by atoms with Crippen LogP contribution in [-0.4, -0.2) is 42.3 Å². The molecule has 138 valence electrons. The van der Waals surface area contributed by atoms with Crippen LogP contribution in [0.4, 0.5) is 11.4 Å². The minimum Gasteiger partial charge on any atom is -0.346 e. The highest BCUT2D eigenvalue weighted by Gasteiger charge is 2.20. The Morgan fingerprint density at radius 1 is 1.27 bits per heavy atom. The third-order valence-corrected chi connectivity index (χ3v) is 4.80. The molecule has 2 amide bonds. The molecule has 0 spiro atoms. The Labute approximate surface area is 155 Å². The Morgan fingerprint density at radius 2 is 2.00 bits per heavy atom. The molecule has 0 fully saturated rings. The molecule has 2 N–H and O–H groups in total. The van der Waals surface area contributed by atoms with E-state index in [-0.39, 0.29) is 11.7 Å². The van der Waals surface area contributed by atoms with Crippen molar-refractivity contribution in [1.29, 1.82) is 0 Å². The lowest BCUT2D eigenvalue weighted by Gasteiger charge is -2.23. The summed E-state index contributed by atoms with van der Waals surface area (Å²) in [6, 6.07) is 7.90. The summed E-state index contributed by atoms with van der Waals surface area (Å²) in [6.07, 6.45) is 0. The van der Waals surface area contributed by atoms with Gasteiger partial charge in [0.2, 0.25) is 0 Å². The van der Waals surface area contributed by atoms with Gasteiger partial charge in [-0.05, 0) is 44.1 Å².